The van der Waals surface area contributed by atoms with Gasteiger partial charge in [0, 0.05) is 38.9 Å². The number of carbonyl (C=O) groups excluding carboxylic acids is 1. The van der Waals surface area contributed by atoms with E-state index in [1.807, 2.05) is 4.90 Å². The molecule has 3 aromatic rings. The molecule has 3 N–H and O–H groups in total. The molecule has 0 saturated carbocycles. The molecule has 10 nitrogen and oxygen atoms in total. The third-order valence-electron chi connectivity index (χ3n) is 5.97. The number of β-amino-alcohol motifs (C(OH)–C–C–N with tert-alkyl or cyclic N) is 1. The van der Waals surface area contributed by atoms with Crippen LogP contribution in [0, 0.1) is 5.82 Å². The molecule has 1 atom stereocenters. The third kappa shape index (κ3) is 4.09. The van der Waals surface area contributed by atoms with Crippen LogP contribution in [0.25, 0.3) is 17.1 Å². The van der Waals surface area contributed by atoms with Crippen LogP contribution in [0.3, 0.4) is 0 Å². The molecule has 0 spiro atoms. The van der Waals surface area contributed by atoms with Crippen molar-refractivity contribution in [1.82, 2.24) is 29.5 Å². The second kappa shape index (κ2) is 9.49. The van der Waals surface area contributed by atoms with Crippen LogP contribution in [0.4, 0.5) is 15.9 Å². The van der Waals surface area contributed by atoms with Crippen molar-refractivity contribution in [3.63, 3.8) is 0 Å². The van der Waals surface area contributed by atoms with Crippen LogP contribution in [0.15, 0.2) is 41.3 Å². The van der Waals surface area contributed by atoms with E-state index in [0.29, 0.717) is 31.0 Å². The van der Waals surface area contributed by atoms with Gasteiger partial charge in [0.2, 0.25) is 11.5 Å². The van der Waals surface area contributed by atoms with Crippen LogP contribution in [-0.2, 0) is 4.79 Å². The predicted molar refractivity (Wildman–Crippen MR) is 113 cm³/mol. The number of aliphatic hydroxyl groups is 1. The van der Waals surface area contributed by atoms with E-state index in [-0.39, 0.29) is 53.6 Å². The fourth-order valence-electron chi connectivity index (χ4n) is 4.42. The molecule has 174 valence electrons. The van der Waals surface area contributed by atoms with Gasteiger partial charge in [0.1, 0.15) is 17.8 Å². The quantitative estimate of drug-likeness (QED) is 0.353. The maximum atomic E-state index is 15.2. The van der Waals surface area contributed by atoms with Gasteiger partial charge in [-0.25, -0.2) is 28.6 Å². The van der Waals surface area contributed by atoms with Crippen LogP contribution < -0.4 is 23.0 Å². The van der Waals surface area contributed by atoms with E-state index in [4.69, 9.17) is 5.11 Å². The number of pyridine rings is 1. The minimum absolute atomic E-state index is 0. The summed E-state index contributed by atoms with van der Waals surface area (Å²) in [6.45, 7) is 3.63. The van der Waals surface area contributed by atoms with Crippen molar-refractivity contribution in [1.29, 1.82) is 0 Å². The average Bonchev–Trinajstić information content (AvgIpc) is 3.11. The number of H-pyrrole nitrogens is 1. The summed E-state index contributed by atoms with van der Waals surface area (Å²) in [4.78, 5) is 34.9. The second-order valence-electron chi connectivity index (χ2n) is 7.86. The lowest BCUT2D eigenvalue weighted by atomic mass is 10.2. The zero-order chi connectivity index (χ0) is 22.2. The first-order valence-corrected chi connectivity index (χ1v) is 10.5. The van der Waals surface area contributed by atoms with Crippen molar-refractivity contribution in [3.8, 4) is 17.1 Å². The number of hydrogen-bond acceptors (Lipinski definition) is 7. The molecule has 33 heavy (non-hydrogen) atoms. The van der Waals surface area contributed by atoms with Gasteiger partial charge >= 0.3 is 11.6 Å². The predicted octanol–water partition coefficient (Wildman–Crippen LogP) is -3.94. The average molecular weight is 476 g/mol. The number of amides is 1. The number of carbonyl (C=O) groups is 1. The number of quaternary nitrogens is 1. The van der Waals surface area contributed by atoms with Crippen LogP contribution in [0.5, 0.6) is 0 Å². The number of rotatable bonds is 4. The Bertz CT molecular complexity index is 1220. The van der Waals surface area contributed by atoms with Gasteiger partial charge in [0.25, 0.3) is 0 Å². The van der Waals surface area contributed by atoms with Crippen molar-refractivity contribution in [2.75, 3.05) is 45.9 Å². The molecule has 1 amide bonds. The summed E-state index contributed by atoms with van der Waals surface area (Å²) in [5, 5.41) is 15.7. The smallest absolute Gasteiger partial charge is 0.348 e. The first kappa shape index (κ1) is 23.2. The molecule has 12 heteroatoms. The Hall–Kier alpha value is -2.96. The molecule has 1 aromatic carbocycles. The van der Waals surface area contributed by atoms with Gasteiger partial charge in [0.05, 0.1) is 6.61 Å². The Labute approximate surface area is 194 Å². The maximum Gasteiger partial charge on any atom is 0.348 e. The van der Waals surface area contributed by atoms with E-state index < -0.39 is 11.5 Å². The van der Waals surface area contributed by atoms with E-state index >= 15 is 4.39 Å². The number of hydrogen-bond donors (Lipinski definition) is 3. The van der Waals surface area contributed by atoms with Gasteiger partial charge in [-0.05, 0) is 24.3 Å². The Kier molecular flexibility index (Phi) is 6.68. The minimum atomic E-state index is -0.601. The number of aromatic amines is 1. The van der Waals surface area contributed by atoms with E-state index in [1.54, 1.807) is 24.4 Å². The molecule has 1 saturated heterocycles. The highest BCUT2D eigenvalue weighted by molar-refractivity contribution is 5.81. The lowest BCUT2D eigenvalue weighted by Gasteiger charge is -2.33. The van der Waals surface area contributed by atoms with Gasteiger partial charge in [-0.2, -0.15) is 10.00 Å². The summed E-state index contributed by atoms with van der Waals surface area (Å²) < 4.78 is 16.5. The van der Waals surface area contributed by atoms with Crippen molar-refractivity contribution in [3.05, 3.63) is 52.8 Å². The third-order valence-corrected chi connectivity index (χ3v) is 5.97. The topological polar surface area (TPSA) is 112 Å². The molecule has 2 aliphatic heterocycles. The molecule has 1 fully saturated rings. The van der Waals surface area contributed by atoms with Crippen molar-refractivity contribution < 1.29 is 31.6 Å². The fourth-order valence-corrected chi connectivity index (χ4v) is 4.42. The fraction of sp³-hybridized carbons (Fsp3) is 0.333. The van der Waals surface area contributed by atoms with Crippen LogP contribution >= 0.6 is 0 Å². The number of aliphatic hydroxyl groups excluding tert-OH is 1. The largest absolute Gasteiger partial charge is 1.00 e. The Morgan fingerprint density at radius 1 is 1.15 bits per heavy atom. The molecule has 0 bridgehead atoms. The van der Waals surface area contributed by atoms with Gasteiger partial charge in [0.15, 0.2) is 11.6 Å². The van der Waals surface area contributed by atoms with Gasteiger partial charge in [-0.15, -0.1) is 0 Å². The Morgan fingerprint density at radius 3 is 2.67 bits per heavy atom. The molecule has 0 aliphatic carbocycles. The highest BCUT2D eigenvalue weighted by Crippen LogP contribution is 2.31. The molecular formula is C21H23ClFN7O3. The molecule has 1 unspecified atom stereocenters. The first-order chi connectivity index (χ1) is 15.6. The number of fused-ring (bicyclic) bond motifs is 5. The molecule has 0 radical (unpaired) electrons. The number of nitrogens with one attached hydrogen (secondary N) is 2. The normalized spacial score (nSPS) is 17.9. The van der Waals surface area contributed by atoms with E-state index in [0.717, 1.165) is 13.1 Å². The van der Waals surface area contributed by atoms with E-state index in [1.165, 1.54) is 16.7 Å². The first-order valence-electron chi connectivity index (χ1n) is 10.5. The van der Waals surface area contributed by atoms with Crippen molar-refractivity contribution in [2.24, 2.45) is 0 Å². The number of nitrogens with zero attached hydrogens (tertiary/aromatic N) is 5. The zero-order valence-electron chi connectivity index (χ0n) is 17.7. The summed E-state index contributed by atoms with van der Waals surface area (Å²) in [5.74, 6) is -0.281. The van der Waals surface area contributed by atoms with Gasteiger partial charge < -0.3 is 17.5 Å². The monoisotopic (exact) mass is 475 g/mol. The Balaban J connectivity index is 0.00000259. The molecule has 5 rings (SSSR count). The molecular weight excluding hydrogens is 453 g/mol. The molecule has 2 aromatic heterocycles. The maximum absolute atomic E-state index is 15.2. The number of para-hydroxylation sites is 1. The number of piperazine rings is 1. The van der Waals surface area contributed by atoms with Gasteiger partial charge in [-0.1, -0.05) is 6.07 Å². The number of aromatic nitrogens is 4. The van der Waals surface area contributed by atoms with Crippen molar-refractivity contribution in [2.45, 2.75) is 0 Å². The minimum Gasteiger partial charge on any atom is -1.00 e. The lowest BCUT2D eigenvalue weighted by Crippen LogP contribution is -3.07. The number of halogens is 2. The van der Waals surface area contributed by atoms with Crippen molar-refractivity contribution >= 4 is 17.4 Å². The zero-order valence-corrected chi connectivity index (χ0v) is 18.4. The van der Waals surface area contributed by atoms with E-state index in [2.05, 4.69) is 20.1 Å². The molecule has 2 aliphatic rings. The summed E-state index contributed by atoms with van der Waals surface area (Å²) >= 11 is 0. The van der Waals surface area contributed by atoms with Gasteiger partial charge in [-0.3, -0.25) is 9.80 Å². The summed E-state index contributed by atoms with van der Waals surface area (Å²) in [7, 11) is 0. The lowest BCUT2D eigenvalue weighted by molar-refractivity contribution is -0.676. The summed E-state index contributed by atoms with van der Waals surface area (Å²) in [6, 6.07) is 7.80. The Morgan fingerprint density at radius 2 is 1.91 bits per heavy atom. The highest BCUT2D eigenvalue weighted by Gasteiger charge is 2.40. The van der Waals surface area contributed by atoms with Crippen LogP contribution in [0.2, 0.25) is 0 Å². The standard InChI is InChI=1S/C21H22FN7O3.ClH/c22-15-4-1-5-16-18(15)29(17(31)13-27-9-7-26(8-10-27)11-12-30)19-14(3-2-6-23-19)20-24-25-21(32)28(16)20;/h1-6,30H,7-13H2,(H,25,32);1H. The SMILES string of the molecule is O=C(CN1CCN(CCO)CC1)[NH+]1c2ncccc2-c2n[nH]c(=O)n2-c2cccc(F)c21.[Cl-]. The van der Waals surface area contributed by atoms with Crippen LogP contribution in [-0.4, -0.2) is 86.4 Å². The summed E-state index contributed by atoms with van der Waals surface area (Å²) in [5.41, 5.74) is 0.277. The number of benzene rings is 1. The van der Waals surface area contributed by atoms with E-state index in [9.17, 15) is 9.59 Å². The second-order valence-corrected chi connectivity index (χ2v) is 7.86. The molecule has 4 heterocycles. The van der Waals surface area contributed by atoms with Crippen LogP contribution in [0.1, 0.15) is 0 Å². The summed E-state index contributed by atoms with van der Waals surface area (Å²) in [6.07, 6.45) is 1.54. The highest BCUT2D eigenvalue weighted by atomic mass is 35.5.